The normalized spacial score (nSPS) is 14.7. The second-order valence-electron chi connectivity index (χ2n) is 8.08. The van der Waals surface area contributed by atoms with Gasteiger partial charge in [-0.1, -0.05) is 24.6 Å². The van der Waals surface area contributed by atoms with Crippen LogP contribution >= 0.6 is 0 Å². The molecule has 3 heterocycles. The largest absolute Gasteiger partial charge is 0.419 e. The monoisotopic (exact) mass is 433 g/mol. The predicted octanol–water partition coefficient (Wildman–Crippen LogP) is 4.46. The Morgan fingerprint density at radius 1 is 1.03 bits per heavy atom. The number of benzene rings is 2. The van der Waals surface area contributed by atoms with E-state index in [9.17, 15) is 9.18 Å². The second kappa shape index (κ2) is 8.92. The van der Waals surface area contributed by atoms with Crippen molar-refractivity contribution in [3.63, 3.8) is 0 Å². The van der Waals surface area contributed by atoms with Crippen molar-refractivity contribution in [2.75, 3.05) is 18.4 Å². The van der Waals surface area contributed by atoms with Crippen molar-refractivity contribution in [2.45, 2.75) is 32.4 Å². The quantitative estimate of drug-likeness (QED) is 0.486. The van der Waals surface area contributed by atoms with E-state index in [4.69, 9.17) is 4.42 Å². The fraction of sp³-hybridized carbons (Fsp3) is 0.292. The van der Waals surface area contributed by atoms with E-state index < -0.39 is 0 Å². The average molecular weight is 433 g/mol. The third-order valence-electron chi connectivity index (χ3n) is 5.74. The molecule has 2 aromatic carbocycles. The molecule has 2 aromatic heterocycles. The summed E-state index contributed by atoms with van der Waals surface area (Å²) in [4.78, 5) is 14.9. The smallest absolute Gasteiger partial charge is 0.249 e. The van der Waals surface area contributed by atoms with Gasteiger partial charge in [0.15, 0.2) is 0 Å². The fourth-order valence-electron chi connectivity index (χ4n) is 4.17. The zero-order valence-electron chi connectivity index (χ0n) is 17.6. The first-order valence-corrected chi connectivity index (χ1v) is 10.8. The van der Waals surface area contributed by atoms with Gasteiger partial charge in [0.25, 0.3) is 0 Å². The number of aromatic nitrogens is 3. The van der Waals surface area contributed by atoms with Crippen LogP contribution in [0.25, 0.3) is 22.4 Å². The predicted molar refractivity (Wildman–Crippen MR) is 119 cm³/mol. The van der Waals surface area contributed by atoms with E-state index in [0.29, 0.717) is 24.0 Å². The van der Waals surface area contributed by atoms with E-state index in [1.807, 2.05) is 35.0 Å². The van der Waals surface area contributed by atoms with Gasteiger partial charge in [-0.3, -0.25) is 9.69 Å². The Labute approximate surface area is 184 Å². The van der Waals surface area contributed by atoms with E-state index >= 15 is 0 Å². The van der Waals surface area contributed by atoms with Gasteiger partial charge in [0.2, 0.25) is 17.7 Å². The van der Waals surface area contributed by atoms with Gasteiger partial charge < -0.3 is 14.3 Å². The van der Waals surface area contributed by atoms with Gasteiger partial charge in [-0.15, -0.1) is 10.2 Å². The number of amides is 1. The summed E-state index contributed by atoms with van der Waals surface area (Å²) in [5, 5.41) is 12.3. The maximum Gasteiger partial charge on any atom is 0.249 e. The highest BCUT2D eigenvalue weighted by Gasteiger charge is 2.19. The highest BCUT2D eigenvalue weighted by Crippen LogP contribution is 2.30. The minimum absolute atomic E-state index is 0.104. The van der Waals surface area contributed by atoms with Gasteiger partial charge in [-0.05, 0) is 56.3 Å². The molecule has 1 fully saturated rings. The van der Waals surface area contributed by atoms with Crippen molar-refractivity contribution in [3.8, 4) is 11.5 Å². The number of hydrogen-bond acceptors (Lipinski definition) is 5. The molecule has 1 saturated heterocycles. The first kappa shape index (κ1) is 20.4. The van der Waals surface area contributed by atoms with Crippen LogP contribution < -0.4 is 5.32 Å². The van der Waals surface area contributed by atoms with Gasteiger partial charge in [0, 0.05) is 22.8 Å². The maximum atomic E-state index is 13.1. The third-order valence-corrected chi connectivity index (χ3v) is 5.74. The number of hydrogen-bond donors (Lipinski definition) is 1. The van der Waals surface area contributed by atoms with Crippen LogP contribution in [0.4, 0.5) is 10.1 Å². The number of halogens is 1. The van der Waals surface area contributed by atoms with E-state index in [2.05, 4.69) is 20.4 Å². The highest BCUT2D eigenvalue weighted by molar-refractivity contribution is 5.96. The summed E-state index contributed by atoms with van der Waals surface area (Å²) >= 11 is 0. The number of rotatable bonds is 6. The molecule has 1 N–H and O–H groups in total. The van der Waals surface area contributed by atoms with Gasteiger partial charge in [-0.25, -0.2) is 4.39 Å². The molecule has 5 rings (SSSR count). The van der Waals surface area contributed by atoms with E-state index in [1.54, 1.807) is 0 Å². The summed E-state index contributed by atoms with van der Waals surface area (Å²) in [5.74, 6) is 0.502. The van der Waals surface area contributed by atoms with Gasteiger partial charge in [0.1, 0.15) is 12.4 Å². The lowest BCUT2D eigenvalue weighted by Crippen LogP contribution is -2.29. The highest BCUT2D eigenvalue weighted by atomic mass is 19.1. The molecule has 1 aliphatic heterocycles. The molecule has 1 amide bonds. The summed E-state index contributed by atoms with van der Waals surface area (Å²) in [7, 11) is 0. The molecule has 7 nitrogen and oxygen atoms in total. The molecule has 0 radical (unpaired) electrons. The average Bonchev–Trinajstić information content (AvgIpc) is 3.41. The van der Waals surface area contributed by atoms with E-state index in [-0.39, 0.29) is 18.3 Å². The lowest BCUT2D eigenvalue weighted by Gasteiger charge is -2.24. The number of carbonyl (C=O) groups excluding carboxylic acids is 1. The lowest BCUT2D eigenvalue weighted by atomic mass is 10.1. The zero-order chi connectivity index (χ0) is 21.9. The number of piperidine rings is 1. The van der Waals surface area contributed by atoms with Crippen molar-refractivity contribution in [3.05, 3.63) is 66.4 Å². The van der Waals surface area contributed by atoms with Crippen molar-refractivity contribution >= 4 is 22.5 Å². The van der Waals surface area contributed by atoms with Crippen LogP contribution in [0.15, 0.2) is 59.1 Å². The molecule has 0 saturated carbocycles. The van der Waals surface area contributed by atoms with Crippen LogP contribution in [0, 0.1) is 5.82 Å². The van der Waals surface area contributed by atoms with Crippen molar-refractivity contribution in [1.29, 1.82) is 0 Å². The van der Waals surface area contributed by atoms with Crippen LogP contribution in [-0.4, -0.2) is 38.7 Å². The zero-order valence-corrected chi connectivity index (χ0v) is 17.6. The standard InChI is InChI=1S/C24H24FN5O2/c25-17-8-10-18(11-9-17)26-22(31)15-30-14-20(19-6-2-3-7-21(19)30)24-28-27-23(32-24)16-29-12-4-1-5-13-29/h2-3,6-11,14H,1,4-5,12-13,15-16H2,(H,26,31). The Morgan fingerprint density at radius 3 is 2.62 bits per heavy atom. The van der Waals surface area contributed by atoms with Crippen LogP contribution in [0.1, 0.15) is 25.2 Å². The first-order chi connectivity index (χ1) is 15.7. The Balaban J connectivity index is 1.37. The molecule has 0 atom stereocenters. The van der Waals surface area contributed by atoms with Crippen molar-refractivity contribution in [1.82, 2.24) is 19.7 Å². The van der Waals surface area contributed by atoms with Crippen molar-refractivity contribution in [2.24, 2.45) is 0 Å². The van der Waals surface area contributed by atoms with Crippen LogP contribution in [0.3, 0.4) is 0 Å². The Bertz CT molecular complexity index is 1220. The summed E-state index contributed by atoms with van der Waals surface area (Å²) in [6.07, 6.45) is 5.55. The summed E-state index contributed by atoms with van der Waals surface area (Å²) in [6.45, 7) is 2.87. The molecular formula is C24H24FN5O2. The Hall–Kier alpha value is -3.52. The summed E-state index contributed by atoms with van der Waals surface area (Å²) < 4.78 is 21.0. The molecule has 0 spiro atoms. The molecule has 4 aromatic rings. The van der Waals surface area contributed by atoms with Gasteiger partial charge in [-0.2, -0.15) is 0 Å². The van der Waals surface area contributed by atoms with E-state index in [1.165, 1.54) is 43.5 Å². The first-order valence-electron chi connectivity index (χ1n) is 10.8. The second-order valence-corrected chi connectivity index (χ2v) is 8.08. The van der Waals surface area contributed by atoms with Crippen LogP contribution in [-0.2, 0) is 17.9 Å². The van der Waals surface area contributed by atoms with Gasteiger partial charge in [0.05, 0.1) is 12.1 Å². The number of fused-ring (bicyclic) bond motifs is 1. The number of anilines is 1. The molecule has 0 unspecified atom stereocenters. The summed E-state index contributed by atoms with van der Waals surface area (Å²) in [6, 6.07) is 13.5. The molecule has 164 valence electrons. The fourth-order valence-corrected chi connectivity index (χ4v) is 4.17. The molecule has 32 heavy (non-hydrogen) atoms. The van der Waals surface area contributed by atoms with Crippen LogP contribution in [0.5, 0.6) is 0 Å². The minimum Gasteiger partial charge on any atom is -0.419 e. The maximum absolute atomic E-state index is 13.1. The van der Waals surface area contributed by atoms with Gasteiger partial charge >= 0.3 is 0 Å². The topological polar surface area (TPSA) is 76.2 Å². The molecule has 8 heteroatoms. The number of likely N-dealkylation sites (tertiary alicyclic amines) is 1. The number of nitrogens with zero attached hydrogens (tertiary/aromatic N) is 4. The molecule has 0 bridgehead atoms. The number of nitrogens with one attached hydrogen (secondary N) is 1. The molecular weight excluding hydrogens is 409 g/mol. The Morgan fingerprint density at radius 2 is 1.81 bits per heavy atom. The number of para-hydroxylation sites is 1. The molecule has 1 aliphatic rings. The summed E-state index contributed by atoms with van der Waals surface area (Å²) in [5.41, 5.74) is 2.24. The van der Waals surface area contributed by atoms with Crippen molar-refractivity contribution < 1.29 is 13.6 Å². The Kier molecular flexibility index (Phi) is 5.68. The third kappa shape index (κ3) is 4.40. The van der Waals surface area contributed by atoms with Crippen LogP contribution in [0.2, 0.25) is 0 Å². The van der Waals surface area contributed by atoms with E-state index in [0.717, 1.165) is 29.6 Å². The lowest BCUT2D eigenvalue weighted by molar-refractivity contribution is -0.116. The minimum atomic E-state index is -0.344. The number of carbonyl (C=O) groups is 1. The SMILES string of the molecule is O=C(Cn1cc(-c2nnc(CN3CCCCC3)o2)c2ccccc21)Nc1ccc(F)cc1. The molecule has 0 aliphatic carbocycles.